The minimum atomic E-state index is 0.599. The Hall–Kier alpha value is -6.10. The largest absolute Gasteiger partial charge is 0.307 e. The molecule has 0 aliphatic heterocycles. The molecule has 47 heavy (non-hydrogen) atoms. The van der Waals surface area contributed by atoms with Crippen LogP contribution >= 0.6 is 0 Å². The van der Waals surface area contributed by atoms with Gasteiger partial charge in [-0.15, -0.1) is 0 Å². The highest BCUT2D eigenvalue weighted by Crippen LogP contribution is 2.44. The number of nitrogens with zero attached hydrogens (tertiary/aromatic N) is 4. The number of fused-ring (bicyclic) bond motifs is 6. The molecule has 0 unspecified atom stereocenters. The molecule has 2 heterocycles. The van der Waals surface area contributed by atoms with Crippen molar-refractivity contribution in [3.8, 4) is 34.6 Å². The van der Waals surface area contributed by atoms with E-state index < -0.39 is 0 Å². The van der Waals surface area contributed by atoms with Gasteiger partial charge in [0.2, 0.25) is 0 Å². The van der Waals surface area contributed by atoms with Gasteiger partial charge in [0.15, 0.2) is 0 Å². The third kappa shape index (κ3) is 3.99. The molecule has 0 spiro atoms. The monoisotopic (exact) mass is 604 g/mol. The zero-order valence-corrected chi connectivity index (χ0v) is 27.1. The second kappa shape index (κ2) is 10.5. The molecule has 0 saturated heterocycles. The van der Waals surface area contributed by atoms with Gasteiger partial charge < -0.3 is 9.13 Å². The lowest BCUT2D eigenvalue weighted by Crippen LogP contribution is -2.08. The predicted molar refractivity (Wildman–Crippen MR) is 194 cm³/mol. The van der Waals surface area contributed by atoms with Crippen molar-refractivity contribution in [2.45, 2.75) is 34.6 Å². The van der Waals surface area contributed by atoms with Crippen LogP contribution < -0.4 is 0 Å². The molecular formula is C43H32N4. The van der Waals surface area contributed by atoms with Crippen molar-refractivity contribution in [3.63, 3.8) is 0 Å². The van der Waals surface area contributed by atoms with Crippen LogP contribution in [0.5, 0.6) is 0 Å². The van der Waals surface area contributed by atoms with Crippen LogP contribution in [0.1, 0.15) is 38.9 Å². The first-order valence-corrected chi connectivity index (χ1v) is 15.9. The van der Waals surface area contributed by atoms with Gasteiger partial charge in [-0.3, -0.25) is 0 Å². The molecule has 0 aliphatic rings. The molecule has 0 aliphatic carbocycles. The maximum absolute atomic E-state index is 11.4. The van der Waals surface area contributed by atoms with Gasteiger partial charge in [-0.25, -0.2) is 0 Å². The topological polar surface area (TPSA) is 57.4 Å². The average molecular weight is 605 g/mol. The first kappa shape index (κ1) is 28.4. The predicted octanol–water partition coefficient (Wildman–Crippen LogP) is 10.8. The van der Waals surface area contributed by atoms with E-state index in [1.807, 2.05) is 25.1 Å². The fourth-order valence-electron chi connectivity index (χ4n) is 7.74. The van der Waals surface area contributed by atoms with Crippen molar-refractivity contribution < 1.29 is 0 Å². The Morgan fingerprint density at radius 3 is 1.32 bits per heavy atom. The lowest BCUT2D eigenvalue weighted by atomic mass is 9.93. The molecule has 8 aromatic rings. The zero-order chi connectivity index (χ0) is 32.6. The van der Waals surface area contributed by atoms with Gasteiger partial charge in [-0.1, -0.05) is 84.9 Å². The van der Waals surface area contributed by atoms with Crippen molar-refractivity contribution in [1.29, 1.82) is 10.5 Å². The van der Waals surface area contributed by atoms with Gasteiger partial charge in [-0.05, 0) is 86.2 Å². The van der Waals surface area contributed by atoms with E-state index >= 15 is 0 Å². The molecule has 0 amide bonds. The Morgan fingerprint density at radius 2 is 0.894 bits per heavy atom. The molecule has 0 N–H and O–H groups in total. The van der Waals surface area contributed by atoms with Gasteiger partial charge in [0, 0.05) is 27.1 Å². The normalized spacial score (nSPS) is 11.5. The highest BCUT2D eigenvalue weighted by atomic mass is 15.0. The molecule has 0 radical (unpaired) electrons. The van der Waals surface area contributed by atoms with Crippen molar-refractivity contribution in [3.05, 3.63) is 142 Å². The minimum absolute atomic E-state index is 0.599. The summed E-state index contributed by atoms with van der Waals surface area (Å²) in [5, 5.41) is 25.7. The summed E-state index contributed by atoms with van der Waals surface area (Å²) in [4.78, 5) is 0. The molecular weight excluding hydrogens is 573 g/mol. The van der Waals surface area contributed by atoms with Crippen LogP contribution in [0.4, 0.5) is 0 Å². The molecule has 4 nitrogen and oxygen atoms in total. The Labute approximate surface area is 274 Å². The summed E-state index contributed by atoms with van der Waals surface area (Å²) in [7, 11) is 0. The van der Waals surface area contributed by atoms with Gasteiger partial charge >= 0.3 is 0 Å². The quantitative estimate of drug-likeness (QED) is 0.201. The molecule has 224 valence electrons. The summed E-state index contributed by atoms with van der Waals surface area (Å²) in [5.74, 6) is 0. The number of rotatable bonds is 3. The SMILES string of the molecule is Cc1cc(C#N)ccc1-c1ccc(-n2c3c(C)cccc3c3cccc(C)c32)c(C#N)c1-n1c2c(C)cccc2c2cccc(C)c21. The first-order valence-electron chi connectivity index (χ1n) is 15.9. The molecule has 0 fully saturated rings. The number of para-hydroxylation sites is 4. The maximum atomic E-state index is 11.4. The van der Waals surface area contributed by atoms with Crippen LogP contribution in [0.15, 0.2) is 103 Å². The Kier molecular flexibility index (Phi) is 6.33. The number of benzene rings is 6. The van der Waals surface area contributed by atoms with Crippen LogP contribution in [0.25, 0.3) is 66.1 Å². The third-order valence-electron chi connectivity index (χ3n) is 9.80. The molecule has 0 saturated carbocycles. The van der Waals surface area contributed by atoms with E-state index in [9.17, 15) is 10.5 Å². The Morgan fingerprint density at radius 1 is 0.447 bits per heavy atom. The van der Waals surface area contributed by atoms with Crippen LogP contribution in [0.3, 0.4) is 0 Å². The standard InChI is InChI=1S/C43H32N4/c1-25-10-6-14-32-33-15-7-11-26(2)40(33)46(39(25)32)38-21-20-36(31-19-18-30(23-44)22-29(31)5)43(37(38)24-45)47-41-27(3)12-8-16-34(41)35-17-9-13-28(4)42(35)47/h6-22H,1-5H3. The summed E-state index contributed by atoms with van der Waals surface area (Å²) >= 11 is 0. The highest BCUT2D eigenvalue weighted by Gasteiger charge is 2.26. The summed E-state index contributed by atoms with van der Waals surface area (Å²) in [6, 6.07) is 40.9. The number of hydrogen-bond acceptors (Lipinski definition) is 2. The Balaban J connectivity index is 1.63. The fraction of sp³-hybridized carbons (Fsp3) is 0.116. The van der Waals surface area contributed by atoms with E-state index in [1.165, 1.54) is 10.8 Å². The average Bonchev–Trinajstić information content (AvgIpc) is 3.60. The van der Waals surface area contributed by atoms with Crippen molar-refractivity contribution in [2.24, 2.45) is 0 Å². The number of aromatic nitrogens is 2. The van der Waals surface area contributed by atoms with Gasteiger partial charge in [0.1, 0.15) is 11.6 Å². The molecule has 0 atom stereocenters. The van der Waals surface area contributed by atoms with Gasteiger partial charge in [0.25, 0.3) is 0 Å². The molecule has 4 heteroatoms. The number of aryl methyl sites for hydroxylation is 5. The van der Waals surface area contributed by atoms with Crippen LogP contribution in [0, 0.1) is 57.3 Å². The zero-order valence-electron chi connectivity index (χ0n) is 27.1. The van der Waals surface area contributed by atoms with E-state index in [0.717, 1.165) is 83.2 Å². The summed E-state index contributed by atoms with van der Waals surface area (Å²) in [5.41, 5.74) is 14.8. The summed E-state index contributed by atoms with van der Waals surface area (Å²) in [6.07, 6.45) is 0. The van der Waals surface area contributed by atoms with Crippen LogP contribution in [0.2, 0.25) is 0 Å². The Bertz CT molecular complexity index is 2580. The smallest absolute Gasteiger partial charge is 0.104 e. The van der Waals surface area contributed by atoms with Gasteiger partial charge in [-0.2, -0.15) is 10.5 Å². The maximum Gasteiger partial charge on any atom is 0.104 e. The lowest BCUT2D eigenvalue weighted by molar-refractivity contribution is 1.10. The van der Waals surface area contributed by atoms with E-state index in [-0.39, 0.29) is 0 Å². The molecule has 0 bridgehead atoms. The van der Waals surface area contributed by atoms with Crippen molar-refractivity contribution >= 4 is 43.6 Å². The van der Waals surface area contributed by atoms with E-state index in [4.69, 9.17) is 0 Å². The van der Waals surface area contributed by atoms with E-state index in [0.29, 0.717) is 11.1 Å². The molecule has 8 rings (SSSR count). The second-order valence-corrected chi connectivity index (χ2v) is 12.7. The second-order valence-electron chi connectivity index (χ2n) is 12.7. The summed E-state index contributed by atoms with van der Waals surface area (Å²) in [6.45, 7) is 10.6. The third-order valence-corrected chi connectivity index (χ3v) is 9.80. The van der Waals surface area contributed by atoms with Crippen molar-refractivity contribution in [1.82, 2.24) is 9.13 Å². The summed E-state index contributed by atoms with van der Waals surface area (Å²) < 4.78 is 4.64. The number of hydrogen-bond donors (Lipinski definition) is 0. The lowest BCUT2D eigenvalue weighted by Gasteiger charge is -2.22. The highest BCUT2D eigenvalue weighted by molar-refractivity contribution is 6.13. The number of nitriles is 2. The van der Waals surface area contributed by atoms with E-state index in [2.05, 4.69) is 134 Å². The van der Waals surface area contributed by atoms with Crippen LogP contribution in [-0.4, -0.2) is 9.13 Å². The molecule has 2 aromatic heterocycles. The first-order chi connectivity index (χ1) is 22.8. The minimum Gasteiger partial charge on any atom is -0.307 e. The van der Waals surface area contributed by atoms with Crippen LogP contribution in [-0.2, 0) is 0 Å². The van der Waals surface area contributed by atoms with E-state index in [1.54, 1.807) is 0 Å². The fourth-order valence-corrected chi connectivity index (χ4v) is 7.74. The van der Waals surface area contributed by atoms with Crippen molar-refractivity contribution in [2.75, 3.05) is 0 Å². The van der Waals surface area contributed by atoms with Gasteiger partial charge in [0.05, 0.1) is 45.1 Å². The molecule has 6 aromatic carbocycles.